The lowest BCUT2D eigenvalue weighted by atomic mass is 10.0. The minimum Gasteiger partial charge on any atom is -0.493 e. The van der Waals surface area contributed by atoms with Crippen LogP contribution in [0.5, 0.6) is 11.5 Å². The molecule has 0 saturated carbocycles. The fraction of sp³-hybridized carbons (Fsp3) is 0.364. The molecule has 0 radical (unpaired) electrons. The number of hydrogen-bond donors (Lipinski definition) is 1. The zero-order chi connectivity index (χ0) is 25.1. The summed E-state index contributed by atoms with van der Waals surface area (Å²) in [5, 5.41) is 3.94. The molecule has 0 bridgehead atoms. The number of aromatic nitrogens is 2. The number of benzene rings is 2. The van der Waals surface area contributed by atoms with Gasteiger partial charge in [-0.2, -0.15) is 22.9 Å². The highest BCUT2D eigenvalue weighted by Gasteiger charge is 2.34. The molecule has 34 heavy (non-hydrogen) atoms. The van der Waals surface area contributed by atoms with Gasteiger partial charge in [-0.25, -0.2) is 8.42 Å². The van der Waals surface area contributed by atoms with Crippen molar-refractivity contribution in [3.8, 4) is 22.9 Å². The molecule has 0 unspecified atom stereocenters. The van der Waals surface area contributed by atoms with Crippen LogP contribution in [0.25, 0.3) is 11.4 Å². The Morgan fingerprint density at radius 2 is 1.79 bits per heavy atom. The van der Waals surface area contributed by atoms with Crippen molar-refractivity contribution in [2.24, 2.45) is 5.92 Å². The van der Waals surface area contributed by atoms with Gasteiger partial charge in [-0.05, 0) is 42.3 Å². The van der Waals surface area contributed by atoms with E-state index in [1.54, 1.807) is 25.1 Å². The average Bonchev–Trinajstić information content (AvgIpc) is 3.31. The molecular formula is C22H24F3N3O5S. The van der Waals surface area contributed by atoms with Crippen molar-refractivity contribution >= 4 is 10.0 Å². The number of nitrogens with zero attached hydrogens (tertiary/aromatic N) is 2. The molecular weight excluding hydrogens is 475 g/mol. The van der Waals surface area contributed by atoms with Crippen molar-refractivity contribution in [3.05, 3.63) is 53.9 Å². The first kappa shape index (κ1) is 25.5. The molecule has 8 nitrogen and oxygen atoms in total. The van der Waals surface area contributed by atoms with Gasteiger partial charge in [0.2, 0.25) is 21.7 Å². The van der Waals surface area contributed by atoms with Gasteiger partial charge in [0.05, 0.1) is 24.7 Å². The molecule has 0 fully saturated rings. The number of alkyl halides is 3. The summed E-state index contributed by atoms with van der Waals surface area (Å²) >= 11 is 0. The fourth-order valence-electron chi connectivity index (χ4n) is 3.17. The molecule has 1 heterocycles. The summed E-state index contributed by atoms with van der Waals surface area (Å²) in [6.45, 7) is 3.60. The molecule has 0 amide bonds. The molecule has 1 aromatic heterocycles. The number of halogens is 3. The number of sulfonamides is 1. The van der Waals surface area contributed by atoms with Crippen LogP contribution in [0.15, 0.2) is 51.9 Å². The number of methoxy groups -OCH3 is 2. The monoisotopic (exact) mass is 499 g/mol. The van der Waals surface area contributed by atoms with Crippen molar-refractivity contribution in [3.63, 3.8) is 0 Å². The first-order valence-corrected chi connectivity index (χ1v) is 11.7. The minimum atomic E-state index is -4.68. The first-order valence-electron chi connectivity index (χ1n) is 10.3. The maximum absolute atomic E-state index is 13.1. The summed E-state index contributed by atoms with van der Waals surface area (Å²) < 4.78 is 83.4. The molecule has 0 aliphatic carbocycles. The number of ether oxygens (including phenoxy) is 2. The van der Waals surface area contributed by atoms with Crippen LogP contribution in [0.1, 0.15) is 37.8 Å². The van der Waals surface area contributed by atoms with E-state index in [2.05, 4.69) is 14.9 Å². The molecule has 1 N–H and O–H groups in total. The molecule has 2 atom stereocenters. The molecule has 3 aromatic rings. The van der Waals surface area contributed by atoms with Crippen LogP contribution in [0.2, 0.25) is 0 Å². The zero-order valence-electron chi connectivity index (χ0n) is 18.9. The molecule has 0 aliphatic rings. The smallest absolute Gasteiger partial charge is 0.416 e. The SMILES string of the molecule is CC[C@@H](C)[C@H](NS(=O)(=O)c1cccc(C(F)(F)F)c1)c1nc(-c2ccc(OC)c(OC)c2)no1. The summed E-state index contributed by atoms with van der Waals surface area (Å²) in [5.74, 6) is 0.799. The lowest BCUT2D eigenvalue weighted by Crippen LogP contribution is -2.33. The number of hydrogen-bond acceptors (Lipinski definition) is 7. The van der Waals surface area contributed by atoms with Gasteiger partial charge in [-0.3, -0.25) is 0 Å². The highest BCUT2D eigenvalue weighted by atomic mass is 32.2. The normalized spacial score (nSPS) is 14.0. The summed E-state index contributed by atoms with van der Waals surface area (Å²) in [6, 6.07) is 7.53. The highest BCUT2D eigenvalue weighted by Crippen LogP contribution is 2.34. The third kappa shape index (κ3) is 5.50. The van der Waals surface area contributed by atoms with Gasteiger partial charge in [0.25, 0.3) is 0 Å². The summed E-state index contributed by atoms with van der Waals surface area (Å²) in [5.41, 5.74) is -0.528. The number of nitrogens with one attached hydrogen (secondary N) is 1. The van der Waals surface area contributed by atoms with Crippen LogP contribution >= 0.6 is 0 Å². The molecule has 3 rings (SSSR count). The Bertz CT molecular complexity index is 1240. The largest absolute Gasteiger partial charge is 0.493 e. The predicted molar refractivity (Wildman–Crippen MR) is 117 cm³/mol. The van der Waals surface area contributed by atoms with Crippen molar-refractivity contribution < 1.29 is 35.6 Å². The Hall–Kier alpha value is -3.12. The highest BCUT2D eigenvalue weighted by molar-refractivity contribution is 7.89. The van der Waals surface area contributed by atoms with Crippen LogP contribution in [0.4, 0.5) is 13.2 Å². The van der Waals surface area contributed by atoms with Crippen LogP contribution in [0.3, 0.4) is 0 Å². The first-order chi connectivity index (χ1) is 16.0. The molecule has 0 spiro atoms. The third-order valence-corrected chi connectivity index (χ3v) is 6.76. The van der Waals surface area contributed by atoms with Gasteiger partial charge in [0.15, 0.2) is 11.5 Å². The standard InChI is InChI=1S/C22H24F3N3O5S/c1-5-13(2)19(28-34(29,30)16-8-6-7-15(12-16)22(23,24)25)21-26-20(27-33-21)14-9-10-17(31-3)18(11-14)32-4/h6-13,19,28H,5H2,1-4H3/t13-,19+/m1/s1. The van der Waals surface area contributed by atoms with E-state index in [9.17, 15) is 21.6 Å². The quantitative estimate of drug-likeness (QED) is 0.449. The second-order valence-electron chi connectivity index (χ2n) is 7.54. The van der Waals surface area contributed by atoms with E-state index < -0.39 is 32.7 Å². The maximum Gasteiger partial charge on any atom is 0.416 e. The molecule has 12 heteroatoms. The van der Waals surface area contributed by atoms with Gasteiger partial charge in [0.1, 0.15) is 6.04 Å². The van der Waals surface area contributed by atoms with E-state index in [-0.39, 0.29) is 17.6 Å². The molecule has 0 saturated heterocycles. The van der Waals surface area contributed by atoms with Crippen LogP contribution in [-0.2, 0) is 16.2 Å². The van der Waals surface area contributed by atoms with Gasteiger partial charge < -0.3 is 14.0 Å². The third-order valence-electron chi connectivity index (χ3n) is 5.32. The summed E-state index contributed by atoms with van der Waals surface area (Å²) in [7, 11) is -1.36. The lowest BCUT2D eigenvalue weighted by Gasteiger charge is -2.21. The van der Waals surface area contributed by atoms with E-state index in [0.717, 1.165) is 18.2 Å². The zero-order valence-corrected chi connectivity index (χ0v) is 19.7. The van der Waals surface area contributed by atoms with Crippen LogP contribution in [-0.4, -0.2) is 32.8 Å². The van der Waals surface area contributed by atoms with Crippen LogP contribution in [0, 0.1) is 5.92 Å². The van der Waals surface area contributed by atoms with Crippen molar-refractivity contribution in [1.82, 2.24) is 14.9 Å². The van der Waals surface area contributed by atoms with E-state index >= 15 is 0 Å². The molecule has 184 valence electrons. The van der Waals surface area contributed by atoms with Gasteiger partial charge in [0, 0.05) is 5.56 Å². The van der Waals surface area contributed by atoms with E-state index in [0.29, 0.717) is 29.5 Å². The van der Waals surface area contributed by atoms with Crippen molar-refractivity contribution in [1.29, 1.82) is 0 Å². The minimum absolute atomic E-state index is 0.0188. The van der Waals surface area contributed by atoms with Gasteiger partial charge >= 0.3 is 6.18 Å². The Balaban J connectivity index is 1.94. The Morgan fingerprint density at radius 1 is 1.09 bits per heavy atom. The van der Waals surface area contributed by atoms with E-state index in [1.165, 1.54) is 14.2 Å². The summed E-state index contributed by atoms with van der Waals surface area (Å²) in [6.07, 6.45) is -4.15. The lowest BCUT2D eigenvalue weighted by molar-refractivity contribution is -0.137. The predicted octanol–water partition coefficient (Wildman–Crippen LogP) is 4.84. The summed E-state index contributed by atoms with van der Waals surface area (Å²) in [4.78, 5) is 3.82. The number of rotatable bonds is 9. The Kier molecular flexibility index (Phi) is 7.51. The van der Waals surface area contributed by atoms with Crippen LogP contribution < -0.4 is 14.2 Å². The van der Waals surface area contributed by atoms with Crippen molar-refractivity contribution in [2.75, 3.05) is 14.2 Å². The van der Waals surface area contributed by atoms with Gasteiger partial charge in [-0.15, -0.1) is 0 Å². The fourth-order valence-corrected chi connectivity index (χ4v) is 4.52. The van der Waals surface area contributed by atoms with E-state index in [1.807, 2.05) is 6.92 Å². The molecule has 0 aliphatic heterocycles. The Labute approximate surface area is 195 Å². The van der Waals surface area contributed by atoms with Gasteiger partial charge in [-0.1, -0.05) is 31.5 Å². The second-order valence-corrected chi connectivity index (χ2v) is 9.25. The molecule has 2 aromatic carbocycles. The topological polar surface area (TPSA) is 104 Å². The maximum atomic E-state index is 13.1. The van der Waals surface area contributed by atoms with Crippen molar-refractivity contribution in [2.45, 2.75) is 37.4 Å². The van der Waals surface area contributed by atoms with E-state index in [4.69, 9.17) is 14.0 Å². The second kappa shape index (κ2) is 10.0. The Morgan fingerprint density at radius 3 is 2.41 bits per heavy atom. The average molecular weight is 500 g/mol.